The zero-order valence-corrected chi connectivity index (χ0v) is 7.53. The molecule has 0 aromatic carbocycles. The number of carbonyl (C=O) groups excluding carboxylic acids is 1. The van der Waals surface area contributed by atoms with E-state index in [4.69, 9.17) is 11.6 Å². The molecule has 1 aliphatic rings. The van der Waals surface area contributed by atoms with Crippen molar-refractivity contribution in [2.45, 2.75) is 19.8 Å². The lowest BCUT2D eigenvalue weighted by molar-refractivity contribution is -0.118. The number of carbonyl (C=O) groups is 1. The first-order valence-electron chi connectivity index (χ1n) is 4.10. The predicted molar refractivity (Wildman–Crippen MR) is 45.6 cm³/mol. The Bertz CT molecular complexity index is 149. The maximum absolute atomic E-state index is 10.7. The van der Waals surface area contributed by atoms with Gasteiger partial charge in [0.15, 0.2) is 0 Å². The number of amides is 1. The minimum Gasteiger partial charge on any atom is -0.355 e. The maximum Gasteiger partial charge on any atom is 0.234 e. The summed E-state index contributed by atoms with van der Waals surface area (Å²) in [5, 5.41) is 2.79. The second-order valence-electron chi connectivity index (χ2n) is 3.10. The highest BCUT2D eigenvalue weighted by molar-refractivity contribution is 6.27. The molecule has 3 heteroatoms. The summed E-state index contributed by atoms with van der Waals surface area (Å²) < 4.78 is 0. The van der Waals surface area contributed by atoms with Gasteiger partial charge in [0.25, 0.3) is 0 Å². The largest absolute Gasteiger partial charge is 0.355 e. The van der Waals surface area contributed by atoms with Crippen LogP contribution in [0, 0.1) is 11.8 Å². The Labute approximate surface area is 72.3 Å². The van der Waals surface area contributed by atoms with Crippen molar-refractivity contribution < 1.29 is 4.79 Å². The fourth-order valence-corrected chi connectivity index (χ4v) is 1.45. The van der Waals surface area contributed by atoms with Crippen LogP contribution in [0.5, 0.6) is 0 Å². The lowest BCUT2D eigenvalue weighted by Crippen LogP contribution is -2.26. The van der Waals surface area contributed by atoms with Gasteiger partial charge < -0.3 is 5.32 Å². The van der Waals surface area contributed by atoms with Gasteiger partial charge in [0.05, 0.1) is 0 Å². The highest BCUT2D eigenvalue weighted by Crippen LogP contribution is 2.40. The van der Waals surface area contributed by atoms with Gasteiger partial charge in [0.1, 0.15) is 5.88 Å². The van der Waals surface area contributed by atoms with Crippen molar-refractivity contribution in [3.8, 4) is 0 Å². The molecule has 0 bridgehead atoms. The van der Waals surface area contributed by atoms with E-state index >= 15 is 0 Å². The van der Waals surface area contributed by atoms with Crippen LogP contribution in [0.3, 0.4) is 0 Å². The Kier molecular flexibility index (Phi) is 3.18. The van der Waals surface area contributed by atoms with Crippen molar-refractivity contribution in [3.05, 3.63) is 0 Å². The number of hydrogen-bond acceptors (Lipinski definition) is 1. The van der Waals surface area contributed by atoms with E-state index in [1.54, 1.807) is 0 Å². The smallest absolute Gasteiger partial charge is 0.234 e. The summed E-state index contributed by atoms with van der Waals surface area (Å²) in [5.74, 6) is 1.62. The Balaban J connectivity index is 2.01. The van der Waals surface area contributed by atoms with E-state index in [1.165, 1.54) is 12.8 Å². The normalized spacial score (nSPS) is 28.2. The topological polar surface area (TPSA) is 29.1 Å². The van der Waals surface area contributed by atoms with Gasteiger partial charge in [-0.2, -0.15) is 0 Å². The van der Waals surface area contributed by atoms with Gasteiger partial charge in [0, 0.05) is 6.54 Å². The van der Waals surface area contributed by atoms with E-state index in [0.29, 0.717) is 0 Å². The second-order valence-corrected chi connectivity index (χ2v) is 3.37. The average Bonchev–Trinajstić information content (AvgIpc) is 2.78. The lowest BCUT2D eigenvalue weighted by atomic mass is 10.2. The molecule has 11 heavy (non-hydrogen) atoms. The molecule has 0 aromatic rings. The van der Waals surface area contributed by atoms with Gasteiger partial charge >= 0.3 is 0 Å². The summed E-state index contributed by atoms with van der Waals surface area (Å²) >= 11 is 5.31. The molecule has 1 amide bonds. The van der Waals surface area contributed by atoms with Crippen molar-refractivity contribution in [2.75, 3.05) is 12.4 Å². The molecule has 0 aliphatic heterocycles. The first-order chi connectivity index (χ1) is 5.27. The van der Waals surface area contributed by atoms with Gasteiger partial charge in [-0.1, -0.05) is 13.3 Å². The molecule has 2 atom stereocenters. The molecule has 2 unspecified atom stereocenters. The van der Waals surface area contributed by atoms with Crippen LogP contribution in [0.25, 0.3) is 0 Å². The number of nitrogens with one attached hydrogen (secondary N) is 1. The van der Waals surface area contributed by atoms with E-state index in [1.807, 2.05) is 0 Å². The van der Waals surface area contributed by atoms with E-state index < -0.39 is 0 Å². The fraction of sp³-hybridized carbons (Fsp3) is 0.875. The third-order valence-electron chi connectivity index (χ3n) is 2.28. The quantitative estimate of drug-likeness (QED) is 0.643. The highest BCUT2D eigenvalue weighted by Gasteiger charge is 2.34. The Morgan fingerprint density at radius 3 is 2.82 bits per heavy atom. The summed E-state index contributed by atoms with van der Waals surface area (Å²) in [6, 6.07) is 0. The third kappa shape index (κ3) is 2.70. The zero-order valence-electron chi connectivity index (χ0n) is 6.77. The van der Waals surface area contributed by atoms with Crippen LogP contribution in [0.15, 0.2) is 0 Å². The van der Waals surface area contributed by atoms with Crippen LogP contribution in [-0.4, -0.2) is 18.3 Å². The maximum atomic E-state index is 10.7. The second kappa shape index (κ2) is 3.96. The van der Waals surface area contributed by atoms with Gasteiger partial charge in [-0.3, -0.25) is 4.79 Å². The molecule has 1 N–H and O–H groups in total. The summed E-state index contributed by atoms with van der Waals surface area (Å²) in [4.78, 5) is 10.7. The molecular weight excluding hydrogens is 162 g/mol. The number of rotatable bonds is 4. The van der Waals surface area contributed by atoms with E-state index in [9.17, 15) is 4.79 Å². The van der Waals surface area contributed by atoms with Crippen molar-refractivity contribution in [1.29, 1.82) is 0 Å². The minimum atomic E-state index is -0.0478. The summed E-state index contributed by atoms with van der Waals surface area (Å²) in [5.41, 5.74) is 0. The van der Waals surface area contributed by atoms with Crippen molar-refractivity contribution in [1.82, 2.24) is 5.32 Å². The van der Waals surface area contributed by atoms with Gasteiger partial charge in [-0.25, -0.2) is 0 Å². The van der Waals surface area contributed by atoms with Gasteiger partial charge in [0.2, 0.25) is 5.91 Å². The summed E-state index contributed by atoms with van der Waals surface area (Å²) in [7, 11) is 0. The monoisotopic (exact) mass is 175 g/mol. The Morgan fingerprint density at radius 2 is 2.36 bits per heavy atom. The summed E-state index contributed by atoms with van der Waals surface area (Å²) in [6.45, 7) is 3.01. The van der Waals surface area contributed by atoms with E-state index in [0.717, 1.165) is 18.4 Å². The fourth-order valence-electron chi connectivity index (χ4n) is 1.35. The highest BCUT2D eigenvalue weighted by atomic mass is 35.5. The molecular formula is C8H14ClNO. The zero-order chi connectivity index (χ0) is 8.27. The lowest BCUT2D eigenvalue weighted by Gasteiger charge is -2.00. The summed E-state index contributed by atoms with van der Waals surface area (Å²) in [6.07, 6.45) is 2.51. The van der Waals surface area contributed by atoms with Gasteiger partial charge in [-0.05, 0) is 18.3 Å². The van der Waals surface area contributed by atoms with Crippen LogP contribution in [-0.2, 0) is 4.79 Å². The molecule has 1 saturated carbocycles. The molecule has 0 radical (unpaired) electrons. The molecule has 1 rings (SSSR count). The number of alkyl halides is 1. The standard InChI is InChI=1S/C8H14ClNO/c1-2-6-3-7(6)5-10-8(11)4-9/h6-7H,2-5H2,1H3,(H,10,11). The van der Waals surface area contributed by atoms with Crippen LogP contribution >= 0.6 is 11.6 Å². The van der Waals surface area contributed by atoms with Crippen molar-refractivity contribution >= 4 is 17.5 Å². The molecule has 0 aromatic heterocycles. The van der Waals surface area contributed by atoms with Crippen LogP contribution in [0.1, 0.15) is 19.8 Å². The van der Waals surface area contributed by atoms with Crippen molar-refractivity contribution in [2.24, 2.45) is 11.8 Å². The first-order valence-corrected chi connectivity index (χ1v) is 4.64. The Morgan fingerprint density at radius 1 is 1.64 bits per heavy atom. The molecule has 0 spiro atoms. The Hall–Kier alpha value is -0.240. The van der Waals surface area contributed by atoms with Gasteiger partial charge in [-0.15, -0.1) is 11.6 Å². The first kappa shape index (κ1) is 8.85. The molecule has 64 valence electrons. The molecule has 1 aliphatic carbocycles. The molecule has 0 saturated heterocycles. The minimum absolute atomic E-state index is 0.0478. The number of hydrogen-bond donors (Lipinski definition) is 1. The average molecular weight is 176 g/mol. The van der Waals surface area contributed by atoms with E-state index in [-0.39, 0.29) is 11.8 Å². The molecule has 0 heterocycles. The molecule has 2 nitrogen and oxygen atoms in total. The third-order valence-corrected chi connectivity index (χ3v) is 2.52. The number of halogens is 1. The van der Waals surface area contributed by atoms with Crippen molar-refractivity contribution in [3.63, 3.8) is 0 Å². The van der Waals surface area contributed by atoms with Crippen LogP contribution in [0.2, 0.25) is 0 Å². The predicted octanol–water partition coefficient (Wildman–Crippen LogP) is 1.39. The SMILES string of the molecule is CCC1CC1CNC(=O)CCl. The van der Waals surface area contributed by atoms with Crippen LogP contribution in [0.4, 0.5) is 0 Å². The van der Waals surface area contributed by atoms with Crippen LogP contribution < -0.4 is 5.32 Å². The van der Waals surface area contributed by atoms with E-state index in [2.05, 4.69) is 12.2 Å². The molecule has 1 fully saturated rings.